The first-order chi connectivity index (χ1) is 18.8. The summed E-state index contributed by atoms with van der Waals surface area (Å²) in [6.07, 6.45) is 48.7. The number of rotatable bonds is 33. The van der Waals surface area contributed by atoms with Crippen LogP contribution < -0.4 is 0 Å². The van der Waals surface area contributed by atoms with E-state index >= 15 is 0 Å². The van der Waals surface area contributed by atoms with Crippen LogP contribution in [0.5, 0.6) is 0 Å². The van der Waals surface area contributed by atoms with Crippen molar-refractivity contribution in [2.45, 2.75) is 212 Å². The van der Waals surface area contributed by atoms with Crippen LogP contribution in [0.3, 0.4) is 0 Å². The van der Waals surface area contributed by atoms with Gasteiger partial charge in [0, 0.05) is 0 Å². The third-order valence-corrected chi connectivity index (χ3v) is 11.7. The molecular formula is C37H78BrP. The second-order valence-corrected chi connectivity index (χ2v) is 28.8. The van der Waals surface area contributed by atoms with Gasteiger partial charge in [-0.3, -0.25) is 0 Å². The number of hydrogen-bond donors (Lipinski definition) is 0. The van der Waals surface area contributed by atoms with E-state index < -0.39 is 5.31 Å². The Morgan fingerprint density at radius 3 is 0.590 bits per heavy atom. The molecule has 0 N–H and O–H groups in total. The zero-order chi connectivity index (χ0) is 28.8. The van der Waals surface area contributed by atoms with Crippen LogP contribution in [-0.2, 0) is 0 Å². The van der Waals surface area contributed by atoms with Gasteiger partial charge in [0.1, 0.15) is 0 Å². The fraction of sp³-hybridized carbons (Fsp3) is 1.00. The summed E-state index contributed by atoms with van der Waals surface area (Å²) in [5.41, 5.74) is 0. The quantitative estimate of drug-likeness (QED) is 0.0498. The van der Waals surface area contributed by atoms with Gasteiger partial charge in [0.15, 0.2) is 0 Å². The van der Waals surface area contributed by atoms with Gasteiger partial charge in [-0.15, -0.1) is 0 Å². The monoisotopic (exact) mass is 633 g/mol. The van der Waals surface area contributed by atoms with E-state index in [0.717, 1.165) is 0 Å². The van der Waals surface area contributed by atoms with Gasteiger partial charge in [-0.2, -0.15) is 0 Å². The molecule has 0 unspecified atom stereocenters. The number of halogens is 1. The normalized spacial score (nSPS) is 13.1. The summed E-state index contributed by atoms with van der Waals surface area (Å²) in [6, 6.07) is 0. The third-order valence-electron chi connectivity index (χ3n) is 8.77. The molecule has 0 atom stereocenters. The van der Waals surface area contributed by atoms with E-state index in [2.05, 4.69) is 42.4 Å². The Bertz CT molecular complexity index is 457. The van der Waals surface area contributed by atoms with Gasteiger partial charge in [-0.25, -0.2) is 0 Å². The van der Waals surface area contributed by atoms with Crippen LogP contribution in [0.25, 0.3) is 0 Å². The average molecular weight is 634 g/mol. The van der Waals surface area contributed by atoms with Crippen molar-refractivity contribution in [1.82, 2.24) is 0 Å². The molecule has 0 fully saturated rings. The molecule has 0 radical (unpaired) electrons. The van der Waals surface area contributed by atoms with Crippen LogP contribution in [0.15, 0.2) is 0 Å². The van der Waals surface area contributed by atoms with Crippen LogP contribution in [0.1, 0.15) is 212 Å². The summed E-state index contributed by atoms with van der Waals surface area (Å²) in [4.78, 5) is 0. The van der Waals surface area contributed by atoms with Crippen molar-refractivity contribution < 1.29 is 0 Å². The molecule has 238 valence electrons. The van der Waals surface area contributed by atoms with E-state index in [1.165, 1.54) is 212 Å². The fourth-order valence-corrected chi connectivity index (χ4v) is 8.07. The molecule has 0 saturated carbocycles. The van der Waals surface area contributed by atoms with Crippen molar-refractivity contribution in [3.05, 3.63) is 0 Å². The first-order valence-electron chi connectivity index (χ1n) is 18.5. The summed E-state index contributed by atoms with van der Waals surface area (Å²) >= 11 is 3.99. The fourth-order valence-electron chi connectivity index (χ4n) is 6.02. The van der Waals surface area contributed by atoms with Crippen molar-refractivity contribution in [2.75, 3.05) is 26.2 Å². The summed E-state index contributed by atoms with van der Waals surface area (Å²) in [5.74, 6) is 0. The molecule has 2 heteroatoms. The molecule has 0 saturated heterocycles. The third kappa shape index (κ3) is 38.9. The molecule has 39 heavy (non-hydrogen) atoms. The van der Waals surface area contributed by atoms with Gasteiger partial charge in [0.05, 0.1) is 0 Å². The molecule has 0 amide bonds. The molecule has 0 aromatic carbocycles. The first kappa shape index (κ1) is 39.9. The van der Waals surface area contributed by atoms with E-state index in [1.807, 2.05) is 0 Å². The number of hydrogen-bond acceptors (Lipinski definition) is 0. The molecular weight excluding hydrogens is 555 g/mol. The van der Waals surface area contributed by atoms with Gasteiger partial charge < -0.3 is 0 Å². The van der Waals surface area contributed by atoms with Crippen molar-refractivity contribution >= 4 is 20.8 Å². The Balaban J connectivity index is 3.07. The average Bonchev–Trinajstić information content (AvgIpc) is 2.88. The molecule has 0 spiro atoms. The van der Waals surface area contributed by atoms with E-state index in [-0.39, 0.29) is 0 Å². The Hall–Kier alpha value is 0.910. The van der Waals surface area contributed by atoms with Gasteiger partial charge in [-0.05, 0) is 0 Å². The molecule has 0 aliphatic rings. The topological polar surface area (TPSA) is 0 Å². The van der Waals surface area contributed by atoms with Crippen molar-refractivity contribution in [2.24, 2.45) is 0 Å². The molecule has 0 rings (SSSR count). The Kier molecular flexibility index (Phi) is 29.7. The molecule has 0 aromatic heterocycles. The van der Waals surface area contributed by atoms with Crippen LogP contribution in [0.4, 0.5) is 0 Å². The Morgan fingerprint density at radius 1 is 0.282 bits per heavy atom. The molecule has 0 aliphatic heterocycles. The zero-order valence-electron chi connectivity index (χ0n) is 28.2. The molecule has 0 aliphatic carbocycles. The Labute approximate surface area is 258 Å². The van der Waals surface area contributed by atoms with E-state index in [0.29, 0.717) is 0 Å². The molecule has 0 bridgehead atoms. The maximum atomic E-state index is 3.99. The molecule has 0 aromatic rings. The predicted octanol–water partition coefficient (Wildman–Crippen LogP) is 15.2. The first-order valence-corrected chi connectivity index (χ1v) is 24.3. The molecule has 0 heterocycles. The minimum atomic E-state index is -1.43. The minimum absolute atomic E-state index is 1.37. The number of unbranched alkanes of at least 4 members (excludes halogenated alkanes) is 31. The molecule has 0 nitrogen and oxygen atoms in total. The Morgan fingerprint density at radius 2 is 0.436 bits per heavy atom. The second kappa shape index (κ2) is 29.0. The summed E-state index contributed by atoms with van der Waals surface area (Å²) in [5, 5.41) is -1.43. The van der Waals surface area contributed by atoms with E-state index in [1.54, 1.807) is 0 Å². The SMILES string of the molecule is CCCCCCCCCCCCCCCCCCCCCCCCCCCCCCCCCCP(C)(C)(C)Br. The van der Waals surface area contributed by atoms with Crippen molar-refractivity contribution in [3.63, 3.8) is 0 Å². The van der Waals surface area contributed by atoms with Crippen LogP contribution in [0.2, 0.25) is 0 Å². The van der Waals surface area contributed by atoms with E-state index in [9.17, 15) is 0 Å². The van der Waals surface area contributed by atoms with Gasteiger partial charge in [0.25, 0.3) is 0 Å². The predicted molar refractivity (Wildman–Crippen MR) is 192 cm³/mol. The van der Waals surface area contributed by atoms with Crippen LogP contribution in [0, 0.1) is 0 Å². The maximum absolute atomic E-state index is 3.99. The van der Waals surface area contributed by atoms with Gasteiger partial charge in [-0.1, -0.05) is 142 Å². The van der Waals surface area contributed by atoms with Crippen molar-refractivity contribution in [3.8, 4) is 0 Å². The summed E-state index contributed by atoms with van der Waals surface area (Å²) in [7, 11) is 0. The zero-order valence-corrected chi connectivity index (χ0v) is 30.6. The summed E-state index contributed by atoms with van der Waals surface area (Å²) in [6.45, 7) is 9.63. The van der Waals surface area contributed by atoms with E-state index in [4.69, 9.17) is 0 Å². The van der Waals surface area contributed by atoms with Gasteiger partial charge >= 0.3 is 118 Å². The van der Waals surface area contributed by atoms with Crippen LogP contribution >= 0.6 is 20.8 Å². The van der Waals surface area contributed by atoms with Crippen LogP contribution in [-0.4, -0.2) is 26.2 Å². The second-order valence-electron chi connectivity index (χ2n) is 14.6. The van der Waals surface area contributed by atoms with Crippen molar-refractivity contribution in [1.29, 1.82) is 0 Å². The summed E-state index contributed by atoms with van der Waals surface area (Å²) < 4.78 is 0. The standard InChI is InChI=1S/C37H78BrP/c1-5-6-7-8-9-10-11-12-13-14-15-16-17-18-19-20-21-22-23-24-25-26-27-28-29-30-31-32-33-34-35-36-37-39(2,3,4)38/h5-37H2,1-4H3. The van der Waals surface area contributed by atoms with Gasteiger partial charge in [0.2, 0.25) is 0 Å².